The number of anilines is 1. The molecule has 0 atom stereocenters. The van der Waals surface area contributed by atoms with E-state index in [2.05, 4.69) is 25.0 Å². The average molecular weight is 390 g/mol. The van der Waals surface area contributed by atoms with E-state index in [1.54, 1.807) is 36.4 Å². The number of sulfonamides is 1. The van der Waals surface area contributed by atoms with E-state index >= 15 is 0 Å². The van der Waals surface area contributed by atoms with Gasteiger partial charge in [-0.05, 0) is 41.0 Å². The quantitative estimate of drug-likeness (QED) is 0.563. The molecule has 0 fully saturated rings. The zero-order valence-corrected chi connectivity index (χ0v) is 15.3. The van der Waals surface area contributed by atoms with E-state index in [1.807, 2.05) is 0 Å². The van der Waals surface area contributed by atoms with E-state index in [1.165, 1.54) is 13.0 Å². The molecule has 2 N–H and O–H groups in total. The zero-order chi connectivity index (χ0) is 19.3. The van der Waals surface area contributed by atoms with Crippen LogP contribution in [0.3, 0.4) is 0 Å². The summed E-state index contributed by atoms with van der Waals surface area (Å²) in [4.78, 5) is 11.1. The van der Waals surface area contributed by atoms with Crippen LogP contribution in [0.15, 0.2) is 52.0 Å². The minimum Gasteiger partial charge on any atom is -0.493 e. The van der Waals surface area contributed by atoms with Crippen LogP contribution in [0.25, 0.3) is 11.0 Å². The van der Waals surface area contributed by atoms with E-state index in [9.17, 15) is 13.2 Å². The molecular formula is C17H18N4O5S. The number of benzene rings is 2. The van der Waals surface area contributed by atoms with Gasteiger partial charge in [-0.25, -0.2) is 17.8 Å². The molecule has 27 heavy (non-hydrogen) atoms. The number of nitrogens with one attached hydrogen (secondary N) is 2. The molecule has 142 valence electrons. The standard InChI is InChI=1S/C17H18N4O5S/c1-12(22)19-13-5-2-6-14(11-13)25-10-4-9-18-27(23,24)16-8-3-7-15-17(16)21-26-20-15/h2-3,5-8,11,18H,4,9-10H2,1H3,(H,19,22). The maximum atomic E-state index is 12.4. The van der Waals surface area contributed by atoms with Gasteiger partial charge in [0.05, 0.1) is 6.61 Å². The van der Waals surface area contributed by atoms with Crippen molar-refractivity contribution in [2.24, 2.45) is 0 Å². The van der Waals surface area contributed by atoms with E-state index in [0.29, 0.717) is 30.0 Å². The van der Waals surface area contributed by atoms with Crippen LogP contribution in [-0.4, -0.2) is 37.8 Å². The van der Waals surface area contributed by atoms with Gasteiger partial charge >= 0.3 is 0 Å². The summed E-state index contributed by atoms with van der Waals surface area (Å²) in [7, 11) is -3.74. The van der Waals surface area contributed by atoms with E-state index in [0.717, 1.165) is 0 Å². The Morgan fingerprint density at radius 1 is 1.19 bits per heavy atom. The van der Waals surface area contributed by atoms with Crippen molar-refractivity contribution in [1.82, 2.24) is 15.0 Å². The minimum atomic E-state index is -3.74. The van der Waals surface area contributed by atoms with Gasteiger partial charge in [0, 0.05) is 25.2 Å². The van der Waals surface area contributed by atoms with Crippen LogP contribution in [-0.2, 0) is 14.8 Å². The highest BCUT2D eigenvalue weighted by molar-refractivity contribution is 7.89. The molecule has 0 aliphatic heterocycles. The molecule has 3 aromatic rings. The Bertz CT molecular complexity index is 1050. The molecule has 0 saturated heterocycles. The van der Waals surface area contributed by atoms with E-state index < -0.39 is 10.0 Å². The smallest absolute Gasteiger partial charge is 0.242 e. The number of hydrogen-bond donors (Lipinski definition) is 2. The molecule has 0 aliphatic rings. The number of carbonyl (C=O) groups is 1. The van der Waals surface area contributed by atoms with Crippen molar-refractivity contribution in [3.05, 3.63) is 42.5 Å². The van der Waals surface area contributed by atoms with Crippen molar-refractivity contribution in [3.8, 4) is 5.75 Å². The van der Waals surface area contributed by atoms with Gasteiger partial charge in [0.1, 0.15) is 16.2 Å². The van der Waals surface area contributed by atoms with Gasteiger partial charge in [0.2, 0.25) is 15.9 Å². The van der Waals surface area contributed by atoms with Gasteiger partial charge < -0.3 is 10.1 Å². The summed E-state index contributed by atoms with van der Waals surface area (Å²) in [5, 5.41) is 9.94. The van der Waals surface area contributed by atoms with Gasteiger partial charge in [0.15, 0.2) is 5.52 Å². The van der Waals surface area contributed by atoms with Crippen LogP contribution < -0.4 is 14.8 Å². The molecule has 10 heteroatoms. The predicted octanol–water partition coefficient (Wildman–Crippen LogP) is 1.93. The van der Waals surface area contributed by atoms with E-state index in [4.69, 9.17) is 4.74 Å². The van der Waals surface area contributed by atoms with Crippen LogP contribution >= 0.6 is 0 Å². The molecule has 1 aromatic heterocycles. The Hall–Kier alpha value is -2.98. The number of carbonyl (C=O) groups excluding carboxylic acids is 1. The molecular weight excluding hydrogens is 372 g/mol. The molecule has 1 amide bonds. The molecule has 0 saturated carbocycles. The number of fused-ring (bicyclic) bond motifs is 1. The van der Waals surface area contributed by atoms with Crippen molar-refractivity contribution >= 4 is 32.7 Å². The Balaban J connectivity index is 1.51. The highest BCUT2D eigenvalue weighted by Crippen LogP contribution is 2.20. The van der Waals surface area contributed by atoms with Crippen molar-refractivity contribution in [2.45, 2.75) is 18.2 Å². The van der Waals surface area contributed by atoms with Crippen molar-refractivity contribution in [3.63, 3.8) is 0 Å². The summed E-state index contributed by atoms with van der Waals surface area (Å²) in [5.41, 5.74) is 1.20. The predicted molar refractivity (Wildman–Crippen MR) is 97.9 cm³/mol. The first-order valence-electron chi connectivity index (χ1n) is 8.17. The molecule has 0 spiro atoms. The first kappa shape index (κ1) is 18.8. The monoisotopic (exact) mass is 390 g/mol. The van der Waals surface area contributed by atoms with E-state index in [-0.39, 0.29) is 22.9 Å². The molecule has 1 heterocycles. The molecule has 0 radical (unpaired) electrons. The molecule has 2 aromatic carbocycles. The summed E-state index contributed by atoms with van der Waals surface area (Å²) < 4.78 is 37.5. The van der Waals surface area contributed by atoms with Gasteiger partial charge in [-0.2, -0.15) is 0 Å². The van der Waals surface area contributed by atoms with Crippen LogP contribution in [0.2, 0.25) is 0 Å². The van der Waals surface area contributed by atoms with Gasteiger partial charge in [-0.3, -0.25) is 4.79 Å². The molecule has 0 unspecified atom stereocenters. The van der Waals surface area contributed by atoms with Crippen LogP contribution in [0.4, 0.5) is 5.69 Å². The van der Waals surface area contributed by atoms with Crippen molar-refractivity contribution in [1.29, 1.82) is 0 Å². The molecule has 9 nitrogen and oxygen atoms in total. The molecule has 0 aliphatic carbocycles. The summed E-state index contributed by atoms with van der Waals surface area (Å²) in [6.45, 7) is 1.92. The third-order valence-corrected chi connectivity index (χ3v) is 5.07. The van der Waals surface area contributed by atoms with Crippen LogP contribution in [0.5, 0.6) is 5.75 Å². The van der Waals surface area contributed by atoms with Gasteiger partial charge in [-0.1, -0.05) is 12.1 Å². The normalized spacial score (nSPS) is 11.4. The Labute approximate surface area is 155 Å². The molecule has 0 bridgehead atoms. The third-order valence-electron chi connectivity index (χ3n) is 3.57. The summed E-state index contributed by atoms with van der Waals surface area (Å²) in [6, 6.07) is 11.6. The number of amides is 1. The Kier molecular flexibility index (Phi) is 5.67. The number of rotatable bonds is 8. The Morgan fingerprint density at radius 3 is 2.81 bits per heavy atom. The van der Waals surface area contributed by atoms with Crippen molar-refractivity contribution in [2.75, 3.05) is 18.5 Å². The fourth-order valence-electron chi connectivity index (χ4n) is 2.41. The Morgan fingerprint density at radius 2 is 2.00 bits per heavy atom. The number of aromatic nitrogens is 2. The fraction of sp³-hybridized carbons (Fsp3) is 0.235. The first-order valence-corrected chi connectivity index (χ1v) is 9.65. The second-order valence-corrected chi connectivity index (χ2v) is 7.43. The maximum absolute atomic E-state index is 12.4. The van der Waals surface area contributed by atoms with Gasteiger partial charge in [-0.15, -0.1) is 0 Å². The maximum Gasteiger partial charge on any atom is 0.242 e. The van der Waals surface area contributed by atoms with Gasteiger partial charge in [0.25, 0.3) is 0 Å². The van der Waals surface area contributed by atoms with Crippen LogP contribution in [0, 0.1) is 0 Å². The highest BCUT2D eigenvalue weighted by atomic mass is 32.2. The van der Waals surface area contributed by atoms with Crippen molar-refractivity contribution < 1.29 is 22.6 Å². The zero-order valence-electron chi connectivity index (χ0n) is 14.5. The summed E-state index contributed by atoms with van der Waals surface area (Å²) >= 11 is 0. The lowest BCUT2D eigenvalue weighted by Crippen LogP contribution is -2.26. The number of nitrogens with zero attached hydrogens (tertiary/aromatic N) is 2. The fourth-order valence-corrected chi connectivity index (χ4v) is 3.63. The summed E-state index contributed by atoms with van der Waals surface area (Å²) in [6.07, 6.45) is 0.455. The topological polar surface area (TPSA) is 123 Å². The average Bonchev–Trinajstić information content (AvgIpc) is 3.09. The largest absolute Gasteiger partial charge is 0.493 e. The lowest BCUT2D eigenvalue weighted by Gasteiger charge is -2.09. The summed E-state index contributed by atoms with van der Waals surface area (Å²) in [5.74, 6) is 0.418. The number of ether oxygens (including phenoxy) is 1. The molecule has 3 rings (SSSR count). The first-order chi connectivity index (χ1) is 13.0. The third kappa shape index (κ3) is 4.80. The van der Waals surface area contributed by atoms with Crippen LogP contribution in [0.1, 0.15) is 13.3 Å². The second kappa shape index (κ2) is 8.14. The number of hydrogen-bond acceptors (Lipinski definition) is 7. The highest BCUT2D eigenvalue weighted by Gasteiger charge is 2.19. The minimum absolute atomic E-state index is 0.0187. The second-order valence-electron chi connectivity index (χ2n) is 5.70. The SMILES string of the molecule is CC(=O)Nc1cccc(OCCCNS(=O)(=O)c2cccc3nonc23)c1. The lowest BCUT2D eigenvalue weighted by atomic mass is 10.3. The lowest BCUT2D eigenvalue weighted by molar-refractivity contribution is -0.114.